The topological polar surface area (TPSA) is 9.23 Å². The zero-order valence-electron chi connectivity index (χ0n) is 7.19. The van der Waals surface area contributed by atoms with E-state index < -0.39 is 35.2 Å². The van der Waals surface area contributed by atoms with Gasteiger partial charge in [-0.25, -0.2) is 0 Å². The Morgan fingerprint density at radius 3 is 1.53 bits per heavy atom. The number of ether oxygens (including phenoxy) is 1. The molecule has 0 aliphatic heterocycles. The van der Waals surface area contributed by atoms with E-state index in [-0.39, 0.29) is 0 Å². The summed E-state index contributed by atoms with van der Waals surface area (Å²) in [6, 6.07) is -3.20. The van der Waals surface area contributed by atoms with Gasteiger partial charge in [-0.3, -0.25) is 0 Å². The Morgan fingerprint density at radius 1 is 0.824 bits per heavy atom. The first-order chi connectivity index (χ1) is 7.43. The maximum atomic E-state index is 12.7. The molecule has 1 atom stereocenters. The molecule has 0 rings (SSSR count). The second kappa shape index (κ2) is 5.07. The second-order valence-electron chi connectivity index (χ2n) is 2.30. The lowest BCUT2D eigenvalue weighted by molar-refractivity contribution is -0.210. The minimum atomic E-state index is -5.87. The summed E-state index contributed by atoms with van der Waals surface area (Å²) in [4.78, 5) is 0. The van der Waals surface area contributed by atoms with Crippen LogP contribution in [0.1, 0.15) is 0 Å². The molecular weight excluding hydrogens is 294 g/mol. The number of rotatable bonds is 4. The Morgan fingerprint density at radius 2 is 1.24 bits per heavy atom. The minimum Gasteiger partial charge on any atom is -0.411 e. The zero-order chi connectivity index (χ0) is 14.0. The number of hydrogen-bond acceptors (Lipinski definition) is 1. The quantitative estimate of drug-likeness (QED) is 0.418. The Hall–Kier alpha value is -1.06. The normalized spacial score (nSPS) is 14.9. The van der Waals surface area contributed by atoms with Crippen molar-refractivity contribution in [3.63, 3.8) is 0 Å². The van der Waals surface area contributed by atoms with Gasteiger partial charge in [0.05, 0.1) is 0 Å². The second-order valence-corrected chi connectivity index (χ2v) is 2.79. The van der Waals surface area contributed by atoms with Gasteiger partial charge in [-0.1, -0.05) is 0 Å². The van der Waals surface area contributed by atoms with Crippen LogP contribution in [-0.4, -0.2) is 11.2 Å². The van der Waals surface area contributed by atoms with Crippen molar-refractivity contribution in [1.82, 2.24) is 0 Å². The molecule has 1 unspecified atom stereocenters. The molecule has 0 N–H and O–H groups in total. The van der Waals surface area contributed by atoms with Gasteiger partial charge in [-0.05, 0) is 11.6 Å². The molecule has 0 fully saturated rings. The fourth-order valence-corrected chi connectivity index (χ4v) is 0.612. The Labute approximate surface area is 92.1 Å². The fraction of sp³-hybridized carbons (Fsp3) is 0.333. The Bertz CT molecular complexity index is 352. The van der Waals surface area contributed by atoms with Crippen LogP contribution in [0.15, 0.2) is 24.0 Å². The molecule has 0 saturated heterocycles. The van der Waals surface area contributed by atoms with E-state index in [9.17, 15) is 39.5 Å². The van der Waals surface area contributed by atoms with E-state index in [1.54, 1.807) is 0 Å². The van der Waals surface area contributed by atoms with Crippen molar-refractivity contribution in [3.05, 3.63) is 24.0 Å². The lowest BCUT2D eigenvalue weighted by Gasteiger charge is -2.25. The number of alkyl halides is 4. The van der Waals surface area contributed by atoms with Crippen LogP contribution in [-0.2, 0) is 4.74 Å². The van der Waals surface area contributed by atoms with Crippen molar-refractivity contribution in [2.45, 2.75) is 11.2 Å². The van der Waals surface area contributed by atoms with Gasteiger partial charge >= 0.3 is 29.4 Å². The van der Waals surface area contributed by atoms with E-state index in [1.807, 2.05) is 0 Å². The molecule has 0 aromatic heterocycles. The molecule has 0 spiro atoms. The Balaban J connectivity index is 5.33. The fourth-order valence-electron chi connectivity index (χ4n) is 0.462. The van der Waals surface area contributed by atoms with E-state index in [4.69, 9.17) is 0 Å². The van der Waals surface area contributed by atoms with Gasteiger partial charge in [-0.15, -0.1) is 0 Å². The number of halogens is 10. The average molecular weight is 294 g/mol. The maximum absolute atomic E-state index is 12.7. The first-order valence-corrected chi connectivity index (χ1v) is 3.68. The van der Waals surface area contributed by atoms with Crippen LogP contribution in [0.3, 0.4) is 0 Å². The van der Waals surface area contributed by atoms with Crippen LogP contribution >= 0.6 is 11.6 Å². The maximum Gasteiger partial charge on any atom is 0.400 e. The molecule has 0 heterocycles. The standard InChI is InChI=1S/C6ClF9O/c7-6(16,17-4(13)3(11)12)5(14,15)1(8)2(9)10. The molecule has 0 radical (unpaired) electrons. The molecule has 1 nitrogen and oxygen atoms in total. The highest BCUT2D eigenvalue weighted by atomic mass is 35.5. The summed E-state index contributed by atoms with van der Waals surface area (Å²) in [6.45, 7) is 0. The van der Waals surface area contributed by atoms with E-state index in [0.29, 0.717) is 0 Å². The molecule has 100 valence electrons. The molecule has 0 aliphatic carbocycles. The van der Waals surface area contributed by atoms with Crippen LogP contribution in [0.2, 0.25) is 0 Å². The summed E-state index contributed by atoms with van der Waals surface area (Å²) < 4.78 is 110. The molecule has 0 saturated carbocycles. The highest BCUT2D eigenvalue weighted by molar-refractivity contribution is 6.22. The smallest absolute Gasteiger partial charge is 0.400 e. The van der Waals surface area contributed by atoms with E-state index in [1.165, 1.54) is 0 Å². The van der Waals surface area contributed by atoms with Gasteiger partial charge < -0.3 is 4.74 Å². The van der Waals surface area contributed by atoms with Gasteiger partial charge in [0.1, 0.15) is 0 Å². The summed E-state index contributed by atoms with van der Waals surface area (Å²) in [5, 5.41) is -5.28. The summed E-state index contributed by atoms with van der Waals surface area (Å²) >= 11 is 4.05. The van der Waals surface area contributed by atoms with Crippen LogP contribution in [0.4, 0.5) is 39.5 Å². The highest BCUT2D eigenvalue weighted by Crippen LogP contribution is 2.46. The molecule has 0 aliphatic rings. The van der Waals surface area contributed by atoms with Crippen molar-refractivity contribution in [3.8, 4) is 0 Å². The largest absolute Gasteiger partial charge is 0.411 e. The minimum absolute atomic E-state index is 2.54. The molecule has 17 heavy (non-hydrogen) atoms. The third-order valence-electron chi connectivity index (χ3n) is 1.17. The molecule has 0 aromatic rings. The summed E-state index contributed by atoms with van der Waals surface area (Å²) in [7, 11) is 0. The predicted octanol–water partition coefficient (Wildman–Crippen LogP) is 4.61. The van der Waals surface area contributed by atoms with E-state index in [0.717, 1.165) is 0 Å². The van der Waals surface area contributed by atoms with Crippen molar-refractivity contribution >= 4 is 11.6 Å². The average Bonchev–Trinajstić information content (AvgIpc) is 2.14. The van der Waals surface area contributed by atoms with Gasteiger partial charge in [0, 0.05) is 0 Å². The van der Waals surface area contributed by atoms with Gasteiger partial charge in [0.15, 0.2) is 0 Å². The summed E-state index contributed by atoms with van der Waals surface area (Å²) in [6.07, 6.45) is -7.07. The van der Waals surface area contributed by atoms with Crippen molar-refractivity contribution < 1.29 is 44.3 Å². The first kappa shape index (κ1) is 15.9. The van der Waals surface area contributed by atoms with E-state index >= 15 is 0 Å². The van der Waals surface area contributed by atoms with Gasteiger partial charge in [-0.2, -0.15) is 39.5 Å². The lowest BCUT2D eigenvalue weighted by atomic mass is 10.3. The third kappa shape index (κ3) is 3.45. The lowest BCUT2D eigenvalue weighted by Crippen LogP contribution is -2.42. The summed E-state index contributed by atoms with van der Waals surface area (Å²) in [5.41, 5.74) is 0. The van der Waals surface area contributed by atoms with Crippen LogP contribution < -0.4 is 0 Å². The van der Waals surface area contributed by atoms with Crippen LogP contribution in [0.5, 0.6) is 0 Å². The molecule has 0 amide bonds. The zero-order valence-corrected chi connectivity index (χ0v) is 7.94. The SMILES string of the molecule is FC(F)=C(F)OC(F)(Cl)C(F)(F)C(F)=C(F)F. The molecule has 11 heteroatoms. The van der Waals surface area contributed by atoms with Crippen LogP contribution in [0.25, 0.3) is 0 Å². The first-order valence-electron chi connectivity index (χ1n) is 3.30. The van der Waals surface area contributed by atoms with Crippen molar-refractivity contribution in [2.75, 3.05) is 0 Å². The van der Waals surface area contributed by atoms with Crippen molar-refractivity contribution in [2.24, 2.45) is 0 Å². The Kier molecular flexibility index (Phi) is 4.75. The van der Waals surface area contributed by atoms with Gasteiger partial charge in [0.2, 0.25) is 5.83 Å². The van der Waals surface area contributed by atoms with Crippen molar-refractivity contribution in [1.29, 1.82) is 0 Å². The highest BCUT2D eigenvalue weighted by Gasteiger charge is 2.63. The molecule has 0 aromatic carbocycles. The predicted molar refractivity (Wildman–Crippen MR) is 36.4 cm³/mol. The van der Waals surface area contributed by atoms with Crippen LogP contribution in [0, 0.1) is 0 Å². The molecule has 0 bridgehead atoms. The van der Waals surface area contributed by atoms with E-state index in [2.05, 4.69) is 16.3 Å². The monoisotopic (exact) mass is 294 g/mol. The number of hydrogen-bond donors (Lipinski definition) is 0. The molecular formula is C6ClF9O. The van der Waals surface area contributed by atoms with Gasteiger partial charge in [0.25, 0.3) is 0 Å². The third-order valence-corrected chi connectivity index (χ3v) is 1.49. The summed E-state index contributed by atoms with van der Waals surface area (Å²) in [5.74, 6) is -9.55.